The highest BCUT2D eigenvalue weighted by Crippen LogP contribution is 2.63. The maximum Gasteiger partial charge on any atom is 0.116 e. The van der Waals surface area contributed by atoms with Gasteiger partial charge in [-0.1, -0.05) is 118 Å². The number of anilines is 2. The highest BCUT2D eigenvalue weighted by Gasteiger charge is 2.46. The van der Waals surface area contributed by atoms with Crippen LogP contribution in [0, 0.1) is 0 Å². The van der Waals surface area contributed by atoms with Gasteiger partial charge >= 0.3 is 0 Å². The molecule has 8 aromatic heterocycles. The quantitative estimate of drug-likeness (QED) is 0.0414. The van der Waals surface area contributed by atoms with Crippen LogP contribution in [0.1, 0.15) is 164 Å². The fourth-order valence-corrected chi connectivity index (χ4v) is 19.6. The van der Waals surface area contributed by atoms with Crippen LogP contribution in [-0.2, 0) is 18.3 Å². The van der Waals surface area contributed by atoms with E-state index in [1.165, 1.54) is 186 Å². The van der Waals surface area contributed by atoms with Crippen LogP contribution < -0.4 is 11.5 Å². The van der Waals surface area contributed by atoms with Gasteiger partial charge in [0.2, 0.25) is 0 Å². The molecule has 8 heterocycles. The first-order chi connectivity index (χ1) is 36.8. The molecule has 0 saturated heterocycles. The molecule has 0 unspecified atom stereocenters. The summed E-state index contributed by atoms with van der Waals surface area (Å²) >= 11 is 13.9. The average Bonchev–Trinajstić information content (AvgIpc) is 4.33. The molecule has 0 spiro atoms. The van der Waals surface area contributed by atoms with Crippen molar-refractivity contribution in [3.05, 3.63) is 93.7 Å². The number of rotatable bonds is 26. The van der Waals surface area contributed by atoms with Gasteiger partial charge in [-0.15, -0.1) is 68.0 Å². The number of unbranched alkanes of at least 4 members (excludes halogenated alkanes) is 12. The Morgan fingerprint density at radius 3 is 1.17 bits per heavy atom. The normalized spacial score (nSPS) is 13.0. The molecule has 0 amide bonds. The number of aryl methyl sites for hydroxylation is 2. The molecule has 75 heavy (non-hydrogen) atoms. The summed E-state index contributed by atoms with van der Waals surface area (Å²) in [5.41, 5.74) is 26.7. The number of hydrogen-bond acceptors (Lipinski definition) is 14. The molecule has 0 bridgehead atoms. The van der Waals surface area contributed by atoms with E-state index < -0.39 is 0 Å². The van der Waals surface area contributed by atoms with E-state index in [2.05, 4.69) is 100 Å². The minimum atomic E-state index is -0.0967. The molecule has 0 radical (unpaired) electrons. The summed E-state index contributed by atoms with van der Waals surface area (Å²) in [5, 5.41) is 0. The summed E-state index contributed by atoms with van der Waals surface area (Å²) in [6.45, 7) is 9.19. The van der Waals surface area contributed by atoms with Gasteiger partial charge in [0.1, 0.15) is 22.1 Å². The zero-order valence-electron chi connectivity index (χ0n) is 43.8. The van der Waals surface area contributed by atoms with E-state index >= 15 is 0 Å². The molecular formula is C61H68N6S8. The smallest absolute Gasteiger partial charge is 0.116 e. The summed E-state index contributed by atoms with van der Waals surface area (Å²) in [6, 6.07) is 27.7. The van der Waals surface area contributed by atoms with E-state index in [0.717, 1.165) is 91.1 Å². The number of nitrogens with zero attached hydrogens (tertiary/aromatic N) is 4. The third-order valence-electron chi connectivity index (χ3n) is 15.4. The van der Waals surface area contributed by atoms with Crippen LogP contribution in [0.4, 0.5) is 11.4 Å². The van der Waals surface area contributed by atoms with Gasteiger partial charge in [-0.3, -0.25) is 0 Å². The SMILES string of the molecule is CCCCCCc1ccc(-c2ccc(-c3c(N)cc(-c4cc5c(s4)-c4sc(-c6cc(N)c(-c7ccc(-c8ccc(CCCCCC)s8)s7)c7nsnc67)cc4C5(CCCCCC)CCCCCC)c4nsnc34)s2)s1. The Labute approximate surface area is 476 Å². The van der Waals surface area contributed by atoms with Crippen LogP contribution in [0.2, 0.25) is 0 Å². The van der Waals surface area contributed by atoms with Crippen molar-refractivity contribution in [3.63, 3.8) is 0 Å². The average molecular weight is 1140 g/mol. The van der Waals surface area contributed by atoms with Gasteiger partial charge in [-0.05, 0) is 122 Å². The lowest BCUT2D eigenvalue weighted by Crippen LogP contribution is -2.25. The number of nitrogen functional groups attached to an aromatic ring is 2. The van der Waals surface area contributed by atoms with Gasteiger partial charge in [0.25, 0.3) is 0 Å². The molecule has 1 aliphatic carbocycles. The van der Waals surface area contributed by atoms with E-state index in [0.29, 0.717) is 0 Å². The molecule has 0 saturated carbocycles. The third-order valence-corrected chi connectivity index (χ3v) is 23.8. The van der Waals surface area contributed by atoms with Crippen molar-refractivity contribution in [3.8, 4) is 71.0 Å². The predicted molar refractivity (Wildman–Crippen MR) is 337 cm³/mol. The second kappa shape index (κ2) is 23.9. The second-order valence-electron chi connectivity index (χ2n) is 20.6. The lowest BCUT2D eigenvalue weighted by molar-refractivity contribution is 0.402. The first kappa shape index (κ1) is 52.9. The van der Waals surface area contributed by atoms with Crippen LogP contribution in [0.15, 0.2) is 72.8 Å². The molecule has 2 aromatic carbocycles. The Morgan fingerprint density at radius 1 is 0.373 bits per heavy atom. The molecule has 6 nitrogen and oxygen atoms in total. The van der Waals surface area contributed by atoms with Crippen molar-refractivity contribution in [1.29, 1.82) is 0 Å². The Morgan fingerprint density at radius 2 is 0.747 bits per heavy atom. The molecule has 1 aliphatic rings. The van der Waals surface area contributed by atoms with E-state index in [9.17, 15) is 0 Å². The Bertz CT molecular complexity index is 3300. The van der Waals surface area contributed by atoms with Crippen molar-refractivity contribution in [2.75, 3.05) is 11.5 Å². The maximum absolute atomic E-state index is 7.21. The number of hydrogen-bond donors (Lipinski definition) is 2. The lowest BCUT2D eigenvalue weighted by Gasteiger charge is -2.31. The first-order valence-electron chi connectivity index (χ1n) is 27.6. The molecule has 0 aliphatic heterocycles. The Hall–Kier alpha value is -4.12. The minimum Gasteiger partial charge on any atom is -0.398 e. The van der Waals surface area contributed by atoms with E-state index in [-0.39, 0.29) is 5.41 Å². The Kier molecular flexibility index (Phi) is 16.8. The maximum atomic E-state index is 7.21. The van der Waals surface area contributed by atoms with Crippen LogP contribution in [0.25, 0.3) is 93.1 Å². The molecule has 0 atom stereocenters. The fraction of sp³-hybridized carbons (Fsp3) is 0.410. The van der Waals surface area contributed by atoms with E-state index in [1.54, 1.807) is 0 Å². The van der Waals surface area contributed by atoms with Crippen molar-refractivity contribution in [2.45, 2.75) is 162 Å². The number of fused-ring (bicyclic) bond motifs is 5. The number of thiophene rings is 6. The van der Waals surface area contributed by atoms with Crippen LogP contribution in [0.3, 0.4) is 0 Å². The highest BCUT2D eigenvalue weighted by atomic mass is 32.1. The molecule has 11 rings (SSSR count). The highest BCUT2D eigenvalue weighted by molar-refractivity contribution is 7.26. The van der Waals surface area contributed by atoms with Gasteiger partial charge < -0.3 is 11.5 Å². The van der Waals surface area contributed by atoms with E-state index in [1.807, 2.05) is 68.0 Å². The zero-order chi connectivity index (χ0) is 51.5. The minimum absolute atomic E-state index is 0.0967. The summed E-state index contributed by atoms with van der Waals surface area (Å²) in [5.74, 6) is 0. The molecule has 390 valence electrons. The van der Waals surface area contributed by atoms with Gasteiger partial charge in [0.05, 0.1) is 23.5 Å². The molecule has 4 N–H and O–H groups in total. The molecular weight excluding hydrogens is 1070 g/mol. The molecule has 0 fully saturated rings. The van der Waals surface area contributed by atoms with Gasteiger partial charge in [0, 0.05) is 97.6 Å². The van der Waals surface area contributed by atoms with Gasteiger partial charge in [-0.25, -0.2) is 0 Å². The summed E-state index contributed by atoms with van der Waals surface area (Å²) in [7, 11) is 0. The van der Waals surface area contributed by atoms with Crippen LogP contribution in [-0.4, -0.2) is 17.5 Å². The monoisotopic (exact) mass is 1140 g/mol. The zero-order valence-corrected chi connectivity index (χ0v) is 50.3. The molecule has 10 aromatic rings. The van der Waals surface area contributed by atoms with Crippen LogP contribution in [0.5, 0.6) is 0 Å². The fourth-order valence-electron chi connectivity index (χ4n) is 11.4. The number of benzene rings is 2. The van der Waals surface area contributed by atoms with Gasteiger partial charge in [-0.2, -0.15) is 17.5 Å². The topological polar surface area (TPSA) is 104 Å². The summed E-state index contributed by atoms with van der Waals surface area (Å²) in [4.78, 5) is 15.7. The second-order valence-corrected chi connectivity index (χ2v) is 28.3. The van der Waals surface area contributed by atoms with Crippen molar-refractivity contribution < 1.29 is 0 Å². The van der Waals surface area contributed by atoms with E-state index in [4.69, 9.17) is 29.0 Å². The largest absolute Gasteiger partial charge is 0.398 e. The standard InChI is InChI=1S/C61H68N6S8/c1-5-9-13-17-21-37-23-25-45(68-37)47-27-29-49(70-47)53-43(62)33-39(55-57(53)66-74-64-55)51-35-41-59(72-51)60-42(61(41,31-19-15-11-7-3)32-20-16-12-8-4)36-52(73-60)40-34-44(63)54(58-56(40)65-75-67-58)50-30-28-48(71-50)46-26-24-38(69-46)22-18-14-10-6-2/h23-30,33-36H,5-22,31-32,62-63H2,1-4H3. The van der Waals surface area contributed by atoms with Crippen molar-refractivity contribution in [1.82, 2.24) is 17.5 Å². The predicted octanol–water partition coefficient (Wildman–Crippen LogP) is 21.7. The Balaban J connectivity index is 0.952. The summed E-state index contributed by atoms with van der Waals surface area (Å²) in [6.07, 6.45) is 24.7. The third kappa shape index (κ3) is 10.6. The lowest BCUT2D eigenvalue weighted by atomic mass is 9.71. The summed E-state index contributed by atoms with van der Waals surface area (Å²) < 4.78 is 20.1. The van der Waals surface area contributed by atoms with Crippen molar-refractivity contribution >= 4 is 125 Å². The number of aromatic nitrogens is 4. The van der Waals surface area contributed by atoms with Crippen molar-refractivity contribution in [2.24, 2.45) is 0 Å². The van der Waals surface area contributed by atoms with Crippen LogP contribution >= 0.6 is 91.5 Å². The number of nitrogens with two attached hydrogens (primary N) is 2. The first-order valence-corrected chi connectivity index (χ1v) is 34.0. The molecule has 14 heteroatoms. The van der Waals surface area contributed by atoms with Gasteiger partial charge in [0.15, 0.2) is 0 Å².